The standard InChI is InChI=1S/C10H22N2O/c1-5-7-12(8-6-2)10(13)9(3)11-4/h9,11H,5-8H2,1-4H3. The van der Waals surface area contributed by atoms with E-state index >= 15 is 0 Å². The van der Waals surface area contributed by atoms with Crippen molar-refractivity contribution in [2.24, 2.45) is 0 Å². The molecule has 78 valence electrons. The first-order valence-electron chi connectivity index (χ1n) is 5.13. The monoisotopic (exact) mass is 186 g/mol. The molecule has 0 aliphatic carbocycles. The molecule has 0 saturated carbocycles. The number of hydrogen-bond acceptors (Lipinski definition) is 2. The van der Waals surface area contributed by atoms with Crippen LogP contribution in [0.3, 0.4) is 0 Å². The van der Waals surface area contributed by atoms with Gasteiger partial charge in [-0.1, -0.05) is 13.8 Å². The molecule has 0 heterocycles. The molecule has 0 aliphatic rings. The number of hydrogen-bond donors (Lipinski definition) is 1. The lowest BCUT2D eigenvalue weighted by Crippen LogP contribution is -2.44. The molecule has 0 aromatic heterocycles. The second kappa shape index (κ2) is 6.89. The van der Waals surface area contributed by atoms with Gasteiger partial charge in [0.15, 0.2) is 0 Å². The minimum Gasteiger partial charge on any atom is -0.341 e. The maximum Gasteiger partial charge on any atom is 0.239 e. The number of carbonyl (C=O) groups excluding carboxylic acids is 1. The largest absolute Gasteiger partial charge is 0.341 e. The van der Waals surface area contributed by atoms with Gasteiger partial charge in [-0.3, -0.25) is 4.79 Å². The van der Waals surface area contributed by atoms with Crippen molar-refractivity contribution < 1.29 is 4.79 Å². The zero-order valence-electron chi connectivity index (χ0n) is 9.26. The Morgan fingerprint density at radius 1 is 1.31 bits per heavy atom. The minimum absolute atomic E-state index is 0.0573. The van der Waals surface area contributed by atoms with Gasteiger partial charge in [-0.05, 0) is 26.8 Å². The van der Waals surface area contributed by atoms with E-state index in [2.05, 4.69) is 19.2 Å². The van der Waals surface area contributed by atoms with Gasteiger partial charge in [0, 0.05) is 13.1 Å². The third-order valence-corrected chi connectivity index (χ3v) is 2.10. The van der Waals surface area contributed by atoms with Crippen molar-refractivity contribution in [1.82, 2.24) is 10.2 Å². The molecule has 1 unspecified atom stereocenters. The fourth-order valence-electron chi connectivity index (χ4n) is 1.27. The Labute approximate surface area is 81.5 Å². The molecule has 0 rings (SSSR count). The molecule has 0 fully saturated rings. The average Bonchev–Trinajstić information content (AvgIpc) is 2.15. The predicted molar refractivity (Wildman–Crippen MR) is 55.7 cm³/mol. The first-order valence-corrected chi connectivity index (χ1v) is 5.13. The molecule has 0 aromatic rings. The van der Waals surface area contributed by atoms with Crippen LogP contribution in [0.5, 0.6) is 0 Å². The first-order chi connectivity index (χ1) is 6.17. The molecule has 13 heavy (non-hydrogen) atoms. The van der Waals surface area contributed by atoms with E-state index < -0.39 is 0 Å². The van der Waals surface area contributed by atoms with E-state index in [0.29, 0.717) is 0 Å². The number of amides is 1. The van der Waals surface area contributed by atoms with Crippen molar-refractivity contribution in [1.29, 1.82) is 0 Å². The number of carbonyl (C=O) groups is 1. The summed E-state index contributed by atoms with van der Waals surface area (Å²) in [5.74, 6) is 0.214. The van der Waals surface area contributed by atoms with Crippen LogP contribution in [-0.4, -0.2) is 37.0 Å². The normalized spacial score (nSPS) is 12.6. The van der Waals surface area contributed by atoms with Crippen molar-refractivity contribution in [3.05, 3.63) is 0 Å². The number of likely N-dealkylation sites (N-methyl/N-ethyl adjacent to an activating group) is 1. The predicted octanol–water partition coefficient (Wildman–Crippen LogP) is 1.24. The van der Waals surface area contributed by atoms with E-state index in [1.807, 2.05) is 18.9 Å². The fourth-order valence-corrected chi connectivity index (χ4v) is 1.27. The van der Waals surface area contributed by atoms with Crippen molar-refractivity contribution in [2.75, 3.05) is 20.1 Å². The maximum atomic E-state index is 11.7. The molecule has 0 radical (unpaired) electrons. The number of nitrogens with zero attached hydrogens (tertiary/aromatic N) is 1. The summed E-state index contributed by atoms with van der Waals surface area (Å²) in [5.41, 5.74) is 0. The summed E-state index contributed by atoms with van der Waals surface area (Å²) in [4.78, 5) is 13.6. The molecule has 3 nitrogen and oxygen atoms in total. The zero-order chi connectivity index (χ0) is 10.3. The van der Waals surface area contributed by atoms with Crippen LogP contribution in [0.1, 0.15) is 33.6 Å². The SMILES string of the molecule is CCCN(CCC)C(=O)C(C)NC. The van der Waals surface area contributed by atoms with Crippen molar-refractivity contribution in [3.8, 4) is 0 Å². The Morgan fingerprint density at radius 3 is 2.08 bits per heavy atom. The van der Waals surface area contributed by atoms with Gasteiger partial charge in [0.2, 0.25) is 5.91 Å². The molecule has 0 aromatic carbocycles. The molecule has 0 aliphatic heterocycles. The summed E-state index contributed by atoms with van der Waals surface area (Å²) < 4.78 is 0. The lowest BCUT2D eigenvalue weighted by Gasteiger charge is -2.24. The van der Waals surface area contributed by atoms with E-state index in [-0.39, 0.29) is 11.9 Å². The van der Waals surface area contributed by atoms with Crippen molar-refractivity contribution in [2.45, 2.75) is 39.7 Å². The Morgan fingerprint density at radius 2 is 1.77 bits per heavy atom. The number of nitrogens with one attached hydrogen (secondary N) is 1. The van der Waals surface area contributed by atoms with Crippen molar-refractivity contribution in [3.63, 3.8) is 0 Å². The van der Waals surface area contributed by atoms with Gasteiger partial charge < -0.3 is 10.2 Å². The highest BCUT2D eigenvalue weighted by atomic mass is 16.2. The van der Waals surface area contributed by atoms with Gasteiger partial charge in [-0.25, -0.2) is 0 Å². The summed E-state index contributed by atoms with van der Waals surface area (Å²) in [6, 6.07) is -0.0573. The summed E-state index contributed by atoms with van der Waals surface area (Å²) in [5, 5.41) is 2.97. The lowest BCUT2D eigenvalue weighted by atomic mass is 10.2. The molecule has 0 saturated heterocycles. The fraction of sp³-hybridized carbons (Fsp3) is 0.900. The third-order valence-electron chi connectivity index (χ3n) is 2.10. The molecule has 1 atom stereocenters. The highest BCUT2D eigenvalue weighted by Crippen LogP contribution is 1.98. The quantitative estimate of drug-likeness (QED) is 0.677. The number of rotatable bonds is 6. The molecular weight excluding hydrogens is 164 g/mol. The summed E-state index contributed by atoms with van der Waals surface area (Å²) in [7, 11) is 1.82. The van der Waals surface area contributed by atoms with Gasteiger partial charge in [0.25, 0.3) is 0 Å². The van der Waals surface area contributed by atoms with E-state index in [4.69, 9.17) is 0 Å². The summed E-state index contributed by atoms with van der Waals surface area (Å²) >= 11 is 0. The van der Waals surface area contributed by atoms with E-state index in [9.17, 15) is 4.79 Å². The molecule has 1 N–H and O–H groups in total. The van der Waals surface area contributed by atoms with Crippen LogP contribution in [0.4, 0.5) is 0 Å². The topological polar surface area (TPSA) is 32.3 Å². The highest BCUT2D eigenvalue weighted by Gasteiger charge is 2.16. The Balaban J connectivity index is 4.09. The van der Waals surface area contributed by atoms with Crippen LogP contribution in [-0.2, 0) is 4.79 Å². The van der Waals surface area contributed by atoms with E-state index in [1.165, 1.54) is 0 Å². The average molecular weight is 186 g/mol. The molecule has 0 spiro atoms. The minimum atomic E-state index is -0.0573. The van der Waals surface area contributed by atoms with Gasteiger partial charge in [0.05, 0.1) is 6.04 Å². The Kier molecular flexibility index (Phi) is 6.59. The highest BCUT2D eigenvalue weighted by molar-refractivity contribution is 5.81. The molecular formula is C10H22N2O. The molecule has 0 bridgehead atoms. The van der Waals surface area contributed by atoms with Crippen LogP contribution in [0, 0.1) is 0 Å². The second-order valence-corrected chi connectivity index (χ2v) is 3.34. The second-order valence-electron chi connectivity index (χ2n) is 3.34. The molecule has 1 amide bonds. The van der Waals surface area contributed by atoms with Gasteiger partial charge in [-0.2, -0.15) is 0 Å². The Hall–Kier alpha value is -0.570. The summed E-state index contributed by atoms with van der Waals surface area (Å²) in [6.45, 7) is 7.85. The summed E-state index contributed by atoms with van der Waals surface area (Å²) in [6.07, 6.45) is 2.06. The van der Waals surface area contributed by atoms with E-state index in [1.54, 1.807) is 0 Å². The van der Waals surface area contributed by atoms with Gasteiger partial charge in [-0.15, -0.1) is 0 Å². The smallest absolute Gasteiger partial charge is 0.239 e. The van der Waals surface area contributed by atoms with Gasteiger partial charge >= 0.3 is 0 Å². The maximum absolute atomic E-state index is 11.7. The first kappa shape index (κ1) is 12.4. The third kappa shape index (κ3) is 4.27. The van der Waals surface area contributed by atoms with Crippen LogP contribution < -0.4 is 5.32 Å². The lowest BCUT2D eigenvalue weighted by molar-refractivity contribution is -0.133. The van der Waals surface area contributed by atoms with E-state index in [0.717, 1.165) is 25.9 Å². The molecule has 3 heteroatoms. The van der Waals surface area contributed by atoms with Crippen molar-refractivity contribution >= 4 is 5.91 Å². The zero-order valence-corrected chi connectivity index (χ0v) is 9.26. The Bertz CT molecular complexity index is 142. The van der Waals surface area contributed by atoms with Gasteiger partial charge in [0.1, 0.15) is 0 Å². The van der Waals surface area contributed by atoms with Crippen LogP contribution in [0.25, 0.3) is 0 Å². The van der Waals surface area contributed by atoms with Crippen LogP contribution in [0.2, 0.25) is 0 Å². The van der Waals surface area contributed by atoms with Crippen LogP contribution >= 0.6 is 0 Å². The van der Waals surface area contributed by atoms with Crippen LogP contribution in [0.15, 0.2) is 0 Å².